The summed E-state index contributed by atoms with van der Waals surface area (Å²) in [7, 11) is -4.23. The summed E-state index contributed by atoms with van der Waals surface area (Å²) in [5.74, 6) is -0.192. The van der Waals surface area contributed by atoms with Crippen LogP contribution in [0.2, 0.25) is 0 Å². The Labute approximate surface area is 278 Å². The van der Waals surface area contributed by atoms with Crippen molar-refractivity contribution in [3.63, 3.8) is 0 Å². The van der Waals surface area contributed by atoms with Crippen LogP contribution in [0.5, 0.6) is 0 Å². The van der Waals surface area contributed by atoms with Crippen molar-refractivity contribution in [3.05, 3.63) is 83.0 Å². The Morgan fingerprint density at radius 3 is 2.53 bits per heavy atom. The normalized spacial score (nSPS) is 18.5. The zero-order valence-corrected chi connectivity index (χ0v) is 29.0. The summed E-state index contributed by atoms with van der Waals surface area (Å²) in [6.07, 6.45) is 11.3. The van der Waals surface area contributed by atoms with E-state index in [-0.39, 0.29) is 16.4 Å². The van der Waals surface area contributed by atoms with Crippen molar-refractivity contribution in [2.24, 2.45) is 4.99 Å². The van der Waals surface area contributed by atoms with Gasteiger partial charge in [0, 0.05) is 53.4 Å². The maximum atomic E-state index is 12.1. The molecule has 5 rings (SSSR count). The second-order valence-electron chi connectivity index (χ2n) is 13.6. The molecule has 0 amide bonds. The molecule has 47 heavy (non-hydrogen) atoms. The molecule has 9 nitrogen and oxygen atoms in total. The van der Waals surface area contributed by atoms with Gasteiger partial charge in [-0.15, -0.1) is 0 Å². The van der Waals surface area contributed by atoms with E-state index in [0.29, 0.717) is 38.2 Å². The molecular weight excluding hydrogens is 614 g/mol. The van der Waals surface area contributed by atoms with Crippen molar-refractivity contribution < 1.29 is 32.2 Å². The van der Waals surface area contributed by atoms with Crippen LogP contribution in [0.4, 0.5) is 11.4 Å². The maximum absolute atomic E-state index is 12.1. The summed E-state index contributed by atoms with van der Waals surface area (Å²) in [6, 6.07) is 10.4. The highest BCUT2D eigenvalue weighted by Crippen LogP contribution is 2.44. The first-order valence-corrected chi connectivity index (χ1v) is 17.7. The van der Waals surface area contributed by atoms with E-state index in [1.807, 2.05) is 13.0 Å². The number of anilines is 1. The van der Waals surface area contributed by atoms with Crippen LogP contribution in [0.15, 0.2) is 76.2 Å². The summed E-state index contributed by atoms with van der Waals surface area (Å²) >= 11 is 0. The number of ether oxygens (including phenoxy) is 1. The third-order valence-corrected chi connectivity index (χ3v) is 9.81. The lowest BCUT2D eigenvalue weighted by molar-refractivity contribution is -0.545. The van der Waals surface area contributed by atoms with Gasteiger partial charge in [0.25, 0.3) is 10.1 Å². The standard InChI is InChI=1S/C37H45N3O6S/c1-7-46-35(41)11-9-19-40-34-22-31(37(5,6)42)32(21-30(34)25(2)23-36(40,3)4)38-28-14-17-33-27(20-28)10-8-18-39(33)24-26-12-15-29(16-13-26)47(43,44)45/h12-17,20-23,42H,7-11,18-19,24H2,1-6H3/p+1. The third-order valence-electron chi connectivity index (χ3n) is 8.94. The number of hydrogen-bond acceptors (Lipinski definition) is 7. The van der Waals surface area contributed by atoms with Crippen molar-refractivity contribution in [1.82, 2.24) is 0 Å². The molecule has 0 aromatic heterocycles. The predicted octanol–water partition coefficient (Wildman–Crippen LogP) is 6.52. The second kappa shape index (κ2) is 13.3. The molecule has 3 aliphatic rings. The number of hydrogen-bond donors (Lipinski definition) is 2. The Hall–Kier alpha value is -3.86. The van der Waals surface area contributed by atoms with Crippen molar-refractivity contribution >= 4 is 44.5 Å². The minimum atomic E-state index is -4.23. The lowest BCUT2D eigenvalue weighted by atomic mass is 9.85. The average molecular weight is 661 g/mol. The van der Waals surface area contributed by atoms with Crippen molar-refractivity contribution in [2.75, 3.05) is 24.6 Å². The molecular formula is C37H46N3O6S+. The molecule has 2 aliphatic heterocycles. The minimum Gasteiger partial charge on any atom is -0.466 e. The van der Waals surface area contributed by atoms with Crippen LogP contribution in [0.25, 0.3) is 5.57 Å². The van der Waals surface area contributed by atoms with Crippen LogP contribution in [0, 0.1) is 0 Å². The number of aliphatic hydroxyl groups is 1. The molecule has 0 bridgehead atoms. The van der Waals surface area contributed by atoms with Gasteiger partial charge < -0.3 is 14.7 Å². The van der Waals surface area contributed by atoms with E-state index in [0.717, 1.165) is 58.8 Å². The van der Waals surface area contributed by atoms with Gasteiger partial charge in [-0.3, -0.25) is 9.35 Å². The molecule has 2 aromatic carbocycles. The third kappa shape index (κ3) is 7.83. The number of nitrogens with zero attached hydrogens (tertiary/aromatic N) is 3. The van der Waals surface area contributed by atoms with Gasteiger partial charge in [-0.05, 0) is 96.4 Å². The second-order valence-corrected chi connectivity index (χ2v) is 15.0. The highest BCUT2D eigenvalue weighted by atomic mass is 32.2. The van der Waals surface area contributed by atoms with Gasteiger partial charge in [0.15, 0.2) is 6.54 Å². The molecule has 0 fully saturated rings. The molecule has 0 saturated carbocycles. The Morgan fingerprint density at radius 2 is 1.87 bits per heavy atom. The maximum Gasteiger partial charge on any atom is 0.305 e. The predicted molar refractivity (Wildman–Crippen MR) is 186 cm³/mol. The first kappa shape index (κ1) is 34.5. The highest BCUT2D eigenvalue weighted by Gasteiger charge is 2.34. The summed E-state index contributed by atoms with van der Waals surface area (Å²) in [5.41, 5.74) is 7.24. The van der Waals surface area contributed by atoms with Crippen molar-refractivity contribution in [1.29, 1.82) is 0 Å². The molecule has 0 atom stereocenters. The summed E-state index contributed by atoms with van der Waals surface area (Å²) in [6.45, 7) is 14.3. The van der Waals surface area contributed by atoms with Crippen LogP contribution >= 0.6 is 0 Å². The van der Waals surface area contributed by atoms with Gasteiger partial charge in [-0.25, -0.2) is 9.57 Å². The first-order valence-electron chi connectivity index (χ1n) is 16.3. The fourth-order valence-corrected chi connectivity index (χ4v) is 7.22. The number of esters is 1. The molecule has 0 unspecified atom stereocenters. The number of allylic oxidation sites excluding steroid dienone is 5. The fourth-order valence-electron chi connectivity index (χ4n) is 6.74. The van der Waals surface area contributed by atoms with Gasteiger partial charge in [0.05, 0.1) is 34.0 Å². The molecule has 10 heteroatoms. The van der Waals surface area contributed by atoms with Crippen molar-refractivity contribution in [2.45, 2.75) is 89.8 Å². The largest absolute Gasteiger partial charge is 0.466 e. The molecule has 2 N–H and O–H groups in total. The van der Waals surface area contributed by atoms with Gasteiger partial charge in [-0.1, -0.05) is 18.2 Å². The van der Waals surface area contributed by atoms with Crippen LogP contribution in [0.1, 0.15) is 83.9 Å². The first-order chi connectivity index (χ1) is 22.1. The summed E-state index contributed by atoms with van der Waals surface area (Å²) < 4.78 is 39.6. The molecule has 2 aromatic rings. The van der Waals surface area contributed by atoms with Crippen LogP contribution in [-0.4, -0.2) is 65.3 Å². The molecule has 1 aliphatic carbocycles. The summed E-state index contributed by atoms with van der Waals surface area (Å²) in [5, 5.41) is 11.4. The number of carbonyl (C=O) groups excluding carboxylic acids is 1. The van der Waals surface area contributed by atoms with Crippen molar-refractivity contribution in [3.8, 4) is 0 Å². The SMILES string of the molecule is CCOC(=O)CCCN1c2cc(C(C)(C)O)c(N=C3C=CC4=[N+](Cc5ccc(S(=O)(=O)O)cc5)CCCC4=C3)cc2C(C)=CC1(C)C. The van der Waals surface area contributed by atoms with Gasteiger partial charge in [-0.2, -0.15) is 8.42 Å². The van der Waals surface area contributed by atoms with E-state index < -0.39 is 15.7 Å². The Kier molecular flexibility index (Phi) is 9.78. The van der Waals surface area contributed by atoms with E-state index in [2.05, 4.69) is 60.6 Å². The molecule has 2 heterocycles. The lowest BCUT2D eigenvalue weighted by Crippen LogP contribution is -2.46. The Balaban J connectivity index is 1.47. The number of rotatable bonds is 10. The van der Waals surface area contributed by atoms with Gasteiger partial charge in [0.1, 0.15) is 6.54 Å². The average Bonchev–Trinajstić information content (AvgIpc) is 2.98. The topological polar surface area (TPSA) is 120 Å². The van der Waals surface area contributed by atoms with E-state index in [1.54, 1.807) is 26.0 Å². The van der Waals surface area contributed by atoms with Gasteiger partial charge >= 0.3 is 5.97 Å². The van der Waals surface area contributed by atoms with Crippen LogP contribution < -0.4 is 4.90 Å². The fraction of sp³-hybridized carbons (Fsp3) is 0.432. The molecule has 0 saturated heterocycles. The van der Waals surface area contributed by atoms with E-state index in [1.165, 1.54) is 17.7 Å². The van der Waals surface area contributed by atoms with Gasteiger partial charge in [0.2, 0.25) is 5.71 Å². The smallest absolute Gasteiger partial charge is 0.305 e. The van der Waals surface area contributed by atoms with Crippen LogP contribution in [-0.2, 0) is 31.8 Å². The number of benzene rings is 2. The quantitative estimate of drug-likeness (QED) is 0.129. The van der Waals surface area contributed by atoms with E-state index >= 15 is 0 Å². The zero-order valence-electron chi connectivity index (χ0n) is 28.2. The van der Waals surface area contributed by atoms with E-state index in [4.69, 9.17) is 9.73 Å². The summed E-state index contributed by atoms with van der Waals surface area (Å²) in [4.78, 5) is 19.3. The minimum absolute atomic E-state index is 0.116. The Bertz CT molecular complexity index is 1820. The molecule has 0 radical (unpaired) electrons. The number of aliphatic imine (C=N–C) groups is 1. The lowest BCUT2D eigenvalue weighted by Gasteiger charge is -2.44. The molecule has 0 spiro atoms. The molecule has 250 valence electrons. The number of fused-ring (bicyclic) bond motifs is 2. The van der Waals surface area contributed by atoms with Crippen LogP contribution in [0.3, 0.4) is 0 Å². The Morgan fingerprint density at radius 1 is 1.15 bits per heavy atom. The van der Waals surface area contributed by atoms with E-state index in [9.17, 15) is 22.9 Å². The highest BCUT2D eigenvalue weighted by molar-refractivity contribution is 7.85. The zero-order chi connectivity index (χ0) is 34.1. The monoisotopic (exact) mass is 660 g/mol. The number of carbonyl (C=O) groups is 1.